The Morgan fingerprint density at radius 2 is 1.82 bits per heavy atom. The molecule has 1 aromatic rings. The number of aryl methyl sites for hydroxylation is 1. The molecule has 1 N–H and O–H groups in total. The van der Waals surface area contributed by atoms with Gasteiger partial charge in [-0.1, -0.05) is 50.6 Å². The zero-order valence-electron chi connectivity index (χ0n) is 25.3. The van der Waals surface area contributed by atoms with Gasteiger partial charge in [0, 0.05) is 18.7 Å². The van der Waals surface area contributed by atoms with E-state index in [0.717, 1.165) is 36.7 Å². The van der Waals surface area contributed by atoms with Crippen molar-refractivity contribution in [2.45, 2.75) is 93.0 Å². The number of hydrogen-bond donors (Lipinski definition) is 1. The number of allylic oxidation sites excluding steroid dienone is 5. The smallest absolute Gasteiger partial charge is 0.231 e. The van der Waals surface area contributed by atoms with Crippen LogP contribution in [0.1, 0.15) is 96.5 Å². The Bertz CT molecular complexity index is 1080. The summed E-state index contributed by atoms with van der Waals surface area (Å²) in [6, 6.07) is 6.10. The summed E-state index contributed by atoms with van der Waals surface area (Å²) in [4.78, 5) is 11.7. The average Bonchev–Trinajstić information content (AvgIpc) is 3.34. The number of Topliss-reactive ketones (excluding diaryl/α,β-unsaturated/α-hetero) is 1. The predicted octanol–water partition coefficient (Wildman–Crippen LogP) is 7.50. The lowest BCUT2D eigenvalue weighted by Crippen LogP contribution is -2.25. The van der Waals surface area contributed by atoms with Gasteiger partial charge < -0.3 is 5.32 Å². The molecule has 1 aliphatic carbocycles. The van der Waals surface area contributed by atoms with Crippen molar-refractivity contribution in [2.75, 3.05) is 24.2 Å². The Balaban J connectivity index is 0.000000375. The molecule has 1 aromatic carbocycles. The Kier molecular flexibility index (Phi) is 14.9. The molecule has 2 aliphatic rings. The van der Waals surface area contributed by atoms with E-state index in [1.807, 2.05) is 26.0 Å². The lowest BCUT2D eigenvalue weighted by molar-refractivity contribution is 0.101. The molecular weight excluding hydrogens is 492 g/mol. The quantitative estimate of drug-likeness (QED) is 0.245. The summed E-state index contributed by atoms with van der Waals surface area (Å²) >= 11 is 0. The standard InChI is InChI=1S/C16H23NO3S.C14H23N.C2H6/c1-11-7-14(11)6-5-13-8-15(12(2)18)10-16(9-13)17(3)21(4,19)20;1-4-7-13(10-12(3)5-2)11-14-8-6-9-15-14;1-2/h8-11,14H,5-7H2,1-4H3;4-5,7,10,14-15H,6,8-9,11H2,1-3H3;1-2H3/b;7-4-,12-5-,13-10+;. The first kappa shape index (κ1) is 33.8. The highest BCUT2D eigenvalue weighted by atomic mass is 32.2. The molecule has 6 heteroatoms. The highest BCUT2D eigenvalue weighted by Gasteiger charge is 2.31. The molecule has 0 aromatic heterocycles. The molecule has 1 saturated carbocycles. The lowest BCUT2D eigenvalue weighted by Gasteiger charge is -2.18. The fourth-order valence-corrected chi connectivity index (χ4v) is 5.02. The molecule has 1 heterocycles. The molecule has 0 radical (unpaired) electrons. The molecule has 1 saturated heterocycles. The van der Waals surface area contributed by atoms with E-state index in [9.17, 15) is 13.2 Å². The van der Waals surface area contributed by atoms with Gasteiger partial charge in [0.2, 0.25) is 10.0 Å². The van der Waals surface area contributed by atoms with Crippen LogP contribution < -0.4 is 9.62 Å². The Morgan fingerprint density at radius 1 is 1.16 bits per heavy atom. The molecule has 214 valence electrons. The van der Waals surface area contributed by atoms with E-state index in [1.54, 1.807) is 6.07 Å². The summed E-state index contributed by atoms with van der Waals surface area (Å²) in [5, 5.41) is 3.54. The van der Waals surface area contributed by atoms with Crippen LogP contribution in [0.25, 0.3) is 0 Å². The largest absolute Gasteiger partial charge is 0.314 e. The summed E-state index contributed by atoms with van der Waals surface area (Å²) in [6.45, 7) is 15.3. The minimum Gasteiger partial charge on any atom is -0.314 e. The predicted molar refractivity (Wildman–Crippen MR) is 165 cm³/mol. The van der Waals surface area contributed by atoms with Gasteiger partial charge in [0.25, 0.3) is 0 Å². The van der Waals surface area contributed by atoms with Gasteiger partial charge in [0.15, 0.2) is 5.78 Å². The minimum absolute atomic E-state index is 0.0419. The monoisotopic (exact) mass is 544 g/mol. The lowest BCUT2D eigenvalue weighted by atomic mass is 10.0. The number of carbonyl (C=O) groups excluding carboxylic acids is 1. The van der Waals surface area contributed by atoms with Gasteiger partial charge >= 0.3 is 0 Å². The van der Waals surface area contributed by atoms with Crippen LogP contribution in [0.4, 0.5) is 5.69 Å². The summed E-state index contributed by atoms with van der Waals surface area (Å²) in [6.07, 6.45) is 17.1. The Hall–Kier alpha value is -2.18. The maximum Gasteiger partial charge on any atom is 0.231 e. The number of benzene rings is 1. The van der Waals surface area contributed by atoms with Gasteiger partial charge in [-0.3, -0.25) is 9.10 Å². The molecular formula is C32H52N2O3S. The van der Waals surface area contributed by atoms with Gasteiger partial charge in [-0.15, -0.1) is 0 Å². The number of sulfonamides is 1. The number of nitrogens with zero attached hydrogens (tertiary/aromatic N) is 1. The summed E-state index contributed by atoms with van der Waals surface area (Å²) < 4.78 is 24.6. The van der Waals surface area contributed by atoms with Crippen molar-refractivity contribution in [3.05, 3.63) is 64.8 Å². The number of nitrogens with one attached hydrogen (secondary N) is 1. The van der Waals surface area contributed by atoms with E-state index in [1.165, 1.54) is 61.5 Å². The van der Waals surface area contributed by atoms with E-state index in [0.29, 0.717) is 17.3 Å². The van der Waals surface area contributed by atoms with Gasteiger partial charge in [-0.25, -0.2) is 8.42 Å². The molecule has 5 nitrogen and oxygen atoms in total. The Morgan fingerprint density at radius 3 is 2.29 bits per heavy atom. The van der Waals surface area contributed by atoms with Crippen LogP contribution in [-0.4, -0.2) is 40.1 Å². The van der Waals surface area contributed by atoms with E-state index in [-0.39, 0.29) is 5.78 Å². The van der Waals surface area contributed by atoms with Crippen LogP contribution in [0.2, 0.25) is 0 Å². The van der Waals surface area contributed by atoms with Crippen LogP contribution in [-0.2, 0) is 16.4 Å². The molecule has 0 amide bonds. The number of hydrogen-bond acceptors (Lipinski definition) is 4. The van der Waals surface area contributed by atoms with Crippen molar-refractivity contribution in [3.63, 3.8) is 0 Å². The summed E-state index contributed by atoms with van der Waals surface area (Å²) in [5.74, 6) is 1.54. The molecule has 1 aliphatic heterocycles. The average molecular weight is 545 g/mol. The SMILES string of the molecule is CC.CC(=O)c1cc(CCC2CC2C)cc(N(C)S(C)(=O)=O)c1.C\C=C/C(=C\C(C)=C/C)CC1CCCN1. The highest BCUT2D eigenvalue weighted by Crippen LogP contribution is 2.41. The van der Waals surface area contributed by atoms with Crippen molar-refractivity contribution >= 4 is 21.5 Å². The van der Waals surface area contributed by atoms with E-state index < -0.39 is 10.0 Å². The van der Waals surface area contributed by atoms with Gasteiger partial charge in [0.1, 0.15) is 0 Å². The van der Waals surface area contributed by atoms with Crippen LogP contribution in [0, 0.1) is 11.8 Å². The molecule has 3 atom stereocenters. The maximum atomic E-state index is 11.7. The molecule has 3 unspecified atom stereocenters. The van der Waals surface area contributed by atoms with Gasteiger partial charge in [-0.2, -0.15) is 0 Å². The third-order valence-electron chi connectivity index (χ3n) is 7.22. The molecule has 0 bridgehead atoms. The third kappa shape index (κ3) is 12.1. The molecule has 0 spiro atoms. The first-order valence-corrected chi connectivity index (χ1v) is 16.1. The normalized spacial score (nSPS) is 21.3. The number of ketones is 1. The van der Waals surface area contributed by atoms with E-state index >= 15 is 0 Å². The van der Waals surface area contributed by atoms with E-state index in [2.05, 4.69) is 57.3 Å². The van der Waals surface area contributed by atoms with Gasteiger partial charge in [-0.05, 0) is 114 Å². The third-order valence-corrected chi connectivity index (χ3v) is 8.42. The second kappa shape index (κ2) is 16.7. The van der Waals surface area contributed by atoms with Crippen molar-refractivity contribution in [1.29, 1.82) is 0 Å². The molecule has 2 fully saturated rings. The summed E-state index contributed by atoms with van der Waals surface area (Å²) in [7, 11) is -1.81. The number of rotatable bonds is 10. The van der Waals surface area contributed by atoms with Gasteiger partial charge in [0.05, 0.1) is 11.9 Å². The topological polar surface area (TPSA) is 66.5 Å². The zero-order chi connectivity index (χ0) is 28.9. The fourth-order valence-electron chi connectivity index (χ4n) is 4.53. The van der Waals surface area contributed by atoms with Crippen LogP contribution >= 0.6 is 0 Å². The fraction of sp³-hybridized carbons (Fsp3) is 0.594. The van der Waals surface area contributed by atoms with Crippen molar-refractivity contribution in [2.24, 2.45) is 11.8 Å². The molecule has 38 heavy (non-hydrogen) atoms. The summed E-state index contributed by atoms with van der Waals surface area (Å²) in [5.41, 5.74) is 4.95. The number of anilines is 1. The first-order valence-electron chi connectivity index (χ1n) is 14.2. The van der Waals surface area contributed by atoms with Crippen LogP contribution in [0.5, 0.6) is 0 Å². The zero-order valence-corrected chi connectivity index (χ0v) is 26.1. The van der Waals surface area contributed by atoms with Crippen molar-refractivity contribution in [3.8, 4) is 0 Å². The molecule has 3 rings (SSSR count). The minimum atomic E-state index is -3.32. The second-order valence-corrected chi connectivity index (χ2v) is 12.4. The van der Waals surface area contributed by atoms with Crippen LogP contribution in [0.3, 0.4) is 0 Å². The Labute approximate surface area is 233 Å². The van der Waals surface area contributed by atoms with Crippen molar-refractivity contribution < 1.29 is 13.2 Å². The maximum absolute atomic E-state index is 11.7. The first-order chi connectivity index (χ1) is 17.9. The second-order valence-electron chi connectivity index (χ2n) is 10.4. The van der Waals surface area contributed by atoms with Crippen molar-refractivity contribution in [1.82, 2.24) is 5.32 Å². The number of carbonyl (C=O) groups is 1. The highest BCUT2D eigenvalue weighted by molar-refractivity contribution is 7.92. The van der Waals surface area contributed by atoms with E-state index in [4.69, 9.17) is 0 Å². The van der Waals surface area contributed by atoms with Crippen LogP contribution in [0.15, 0.2) is 53.6 Å².